The topological polar surface area (TPSA) is 60.7 Å². The maximum atomic E-state index is 11.2. The first kappa shape index (κ1) is 48.4. The van der Waals surface area contributed by atoms with E-state index in [1.807, 2.05) is 78.9 Å². The highest BCUT2D eigenvalue weighted by Gasteiger charge is 2.19. The number of carbonyl (C=O) groups excluding carboxylic acids is 1. The number of nitrogens with zero attached hydrogens (tertiary/aromatic N) is 3. The second-order valence-electron chi connectivity index (χ2n) is 17.3. The molecule has 0 radical (unpaired) electrons. The number of hydrogen-bond acceptors (Lipinski definition) is 5. The number of ether oxygens (including phenoxy) is 2. The number of aromatic nitrogens is 2. The van der Waals surface area contributed by atoms with E-state index in [-0.39, 0.29) is 13.7 Å². The highest BCUT2D eigenvalue weighted by molar-refractivity contribution is 14.1. The van der Waals surface area contributed by atoms with E-state index in [0.717, 1.165) is 46.0 Å². The molecule has 0 spiro atoms. The quantitative estimate of drug-likeness (QED) is 0.115. The second-order valence-corrected chi connectivity index (χ2v) is 18.6. The number of fused-ring (bicyclic) bond motifs is 6. The van der Waals surface area contributed by atoms with Crippen LogP contribution in [0.3, 0.4) is 0 Å². The predicted molar refractivity (Wildman–Crippen MR) is 312 cm³/mol. The maximum absolute atomic E-state index is 11.2. The van der Waals surface area contributed by atoms with Crippen LogP contribution in [-0.4, -0.2) is 28.6 Å². The molecule has 8 heteroatoms. The summed E-state index contributed by atoms with van der Waals surface area (Å²) in [4.78, 5) is 13.4. The maximum Gasteiger partial charge on any atom is 0.184 e. The first-order chi connectivity index (χ1) is 35.6. The third kappa shape index (κ3) is 10.4. The highest BCUT2D eigenvalue weighted by Crippen LogP contribution is 2.40. The average Bonchev–Trinajstić information content (AvgIpc) is 4.19. The Kier molecular flexibility index (Phi) is 14.9. The molecule has 0 bridgehead atoms. The highest BCUT2D eigenvalue weighted by atomic mass is 127. The summed E-state index contributed by atoms with van der Waals surface area (Å²) >= 11 is 2.28. The van der Waals surface area contributed by atoms with Crippen molar-refractivity contribution in [1.82, 2.24) is 9.13 Å². The Balaban J connectivity index is 0.000000138. The van der Waals surface area contributed by atoms with Gasteiger partial charge < -0.3 is 28.8 Å². The largest absolute Gasteiger partial charge is 0.356 e. The molecule has 1 fully saturated rings. The first-order valence-corrected chi connectivity index (χ1v) is 25.1. The van der Waals surface area contributed by atoms with Gasteiger partial charge in [-0.1, -0.05) is 129 Å². The molecule has 1 saturated heterocycles. The predicted octanol–water partition coefficient (Wildman–Crippen LogP) is 17.6. The molecule has 1 aliphatic rings. The minimum Gasteiger partial charge on any atom is -0.356 e. The lowest BCUT2D eigenvalue weighted by Crippen LogP contribution is -2.09. The second kappa shape index (κ2) is 22.4. The van der Waals surface area contributed by atoms with Crippen LogP contribution in [0.5, 0.6) is 0 Å². The summed E-state index contributed by atoms with van der Waals surface area (Å²) in [5.74, 6) is 0. The van der Waals surface area contributed by atoms with Crippen molar-refractivity contribution < 1.29 is 14.3 Å². The lowest BCUT2D eigenvalue weighted by molar-refractivity contribution is -0.0441. The molecule has 2 aromatic heterocycles. The first-order valence-electron chi connectivity index (χ1n) is 24.0. The molecule has 10 aromatic carbocycles. The minimum absolute atomic E-state index is 0. The van der Waals surface area contributed by atoms with Crippen molar-refractivity contribution in [1.29, 1.82) is 0 Å². The third-order valence-electron chi connectivity index (χ3n) is 12.7. The number of benzene rings is 10. The molecular weight excluding hydrogens is 1010 g/mol. The number of aldehydes is 1. The number of halogens is 1. The molecule has 73 heavy (non-hydrogen) atoms. The SMILES string of the molecule is C.Ic1ccc(C2OCCO2)cc1.O=Cc1ccc(N(c2ccccc2)c2ccc3c(c2)c2ccccc2n3-c2ccccc2)cc1.c1ccc(Nc2ccc3c(c2)c2ccccc2n3-c2ccccc2)cc1. The van der Waals surface area contributed by atoms with E-state index in [0.29, 0.717) is 18.8 Å². The Bertz CT molecular complexity index is 3740. The van der Waals surface area contributed by atoms with Gasteiger partial charge in [0.2, 0.25) is 0 Å². The lowest BCUT2D eigenvalue weighted by atomic mass is 10.1. The summed E-state index contributed by atoms with van der Waals surface area (Å²) in [5.41, 5.74) is 14.2. The molecule has 13 rings (SSSR count). The van der Waals surface area contributed by atoms with E-state index in [1.54, 1.807) is 0 Å². The van der Waals surface area contributed by atoms with Crippen molar-refractivity contribution in [3.63, 3.8) is 0 Å². The van der Waals surface area contributed by atoms with Crippen LogP contribution in [0.2, 0.25) is 0 Å². The molecule has 0 unspecified atom stereocenters. The van der Waals surface area contributed by atoms with Gasteiger partial charge in [-0.05, 0) is 156 Å². The summed E-state index contributed by atoms with van der Waals surface area (Å²) in [6.45, 7) is 1.41. The zero-order valence-electron chi connectivity index (χ0n) is 39.3. The molecule has 7 nitrogen and oxygen atoms in total. The van der Waals surface area contributed by atoms with Crippen molar-refractivity contribution in [2.45, 2.75) is 13.7 Å². The van der Waals surface area contributed by atoms with Gasteiger partial charge in [0.1, 0.15) is 6.29 Å². The van der Waals surface area contributed by atoms with Gasteiger partial charge in [0, 0.05) is 76.1 Å². The Morgan fingerprint density at radius 3 is 1.45 bits per heavy atom. The number of hydrogen-bond donors (Lipinski definition) is 1. The van der Waals surface area contributed by atoms with E-state index < -0.39 is 0 Å². The van der Waals surface area contributed by atoms with Crippen LogP contribution in [0.25, 0.3) is 55.0 Å². The summed E-state index contributed by atoms with van der Waals surface area (Å²) < 4.78 is 16.6. The molecule has 12 aromatic rings. The Hall–Kier alpha value is -8.28. The van der Waals surface area contributed by atoms with Gasteiger partial charge >= 0.3 is 0 Å². The number of rotatable bonds is 9. The van der Waals surface area contributed by atoms with Crippen LogP contribution >= 0.6 is 22.6 Å². The fraction of sp³-hybridized carbons (Fsp3) is 0.0615. The van der Waals surface area contributed by atoms with Crippen molar-refractivity contribution in [3.8, 4) is 11.4 Å². The Labute approximate surface area is 439 Å². The molecule has 1 aliphatic heterocycles. The summed E-state index contributed by atoms with van der Waals surface area (Å²) in [5, 5.41) is 8.43. The lowest BCUT2D eigenvalue weighted by Gasteiger charge is -2.25. The Morgan fingerprint density at radius 2 is 0.890 bits per heavy atom. The van der Waals surface area contributed by atoms with Gasteiger partial charge in [0.15, 0.2) is 6.29 Å². The minimum atomic E-state index is -0.137. The average molecular weight is 1070 g/mol. The monoisotopic (exact) mass is 1060 g/mol. The molecule has 0 saturated carbocycles. The van der Waals surface area contributed by atoms with Crippen LogP contribution in [0.15, 0.2) is 255 Å². The van der Waals surface area contributed by atoms with E-state index >= 15 is 0 Å². The van der Waals surface area contributed by atoms with Crippen LogP contribution in [0, 0.1) is 3.57 Å². The standard InChI is InChI=1S/C31H22N2O.C24H18N2.C9H9IO2.CH4/c34-22-23-15-17-26(18-16-23)32(24-9-3-1-4-10-24)27-19-20-31-29(21-27)28-13-7-8-14-30(28)33(31)25-11-5-2-6-12-25;1-3-9-18(10-4-1)25-19-15-16-24-22(17-19)21-13-7-8-14-23(21)26(24)20-11-5-2-6-12-20;10-8-3-1-7(2-4-8)9-11-5-6-12-9;/h1-22H;1-17,25H;1-4,9H,5-6H2;1H4. The van der Waals surface area contributed by atoms with Crippen LogP contribution in [-0.2, 0) is 9.47 Å². The smallest absolute Gasteiger partial charge is 0.184 e. The van der Waals surface area contributed by atoms with Gasteiger partial charge in [-0.2, -0.15) is 0 Å². The summed E-state index contributed by atoms with van der Waals surface area (Å²) in [6.07, 6.45) is 0.739. The van der Waals surface area contributed by atoms with E-state index in [2.05, 4.69) is 218 Å². The molecular formula is C65H53IN4O3. The van der Waals surface area contributed by atoms with Crippen molar-refractivity contribution in [2.75, 3.05) is 23.4 Å². The van der Waals surface area contributed by atoms with Crippen molar-refractivity contribution >= 4 is 101 Å². The molecule has 3 heterocycles. The van der Waals surface area contributed by atoms with Crippen LogP contribution in [0.1, 0.15) is 29.6 Å². The summed E-state index contributed by atoms with van der Waals surface area (Å²) in [6, 6.07) is 87.9. The third-order valence-corrected chi connectivity index (χ3v) is 13.5. The zero-order chi connectivity index (χ0) is 48.6. The fourth-order valence-electron chi connectivity index (χ4n) is 9.45. The van der Waals surface area contributed by atoms with Crippen LogP contribution < -0.4 is 10.2 Å². The van der Waals surface area contributed by atoms with Gasteiger partial charge in [0.05, 0.1) is 35.3 Å². The summed E-state index contributed by atoms with van der Waals surface area (Å²) in [7, 11) is 0. The number of para-hydroxylation sites is 6. The van der Waals surface area contributed by atoms with Crippen molar-refractivity contribution in [3.05, 3.63) is 269 Å². The number of anilines is 5. The Morgan fingerprint density at radius 1 is 0.438 bits per heavy atom. The number of nitrogens with one attached hydrogen (secondary N) is 1. The zero-order valence-corrected chi connectivity index (χ0v) is 41.4. The molecule has 0 amide bonds. The van der Waals surface area contributed by atoms with Crippen molar-refractivity contribution in [2.24, 2.45) is 0 Å². The molecule has 0 atom stereocenters. The van der Waals surface area contributed by atoms with E-state index in [4.69, 9.17) is 9.47 Å². The fourth-order valence-corrected chi connectivity index (χ4v) is 9.81. The van der Waals surface area contributed by atoms with E-state index in [9.17, 15) is 4.79 Å². The molecule has 0 aliphatic carbocycles. The van der Waals surface area contributed by atoms with Gasteiger partial charge in [-0.25, -0.2) is 0 Å². The van der Waals surface area contributed by atoms with Crippen LogP contribution in [0.4, 0.5) is 28.4 Å². The van der Waals surface area contributed by atoms with Gasteiger partial charge in [-0.3, -0.25) is 4.79 Å². The van der Waals surface area contributed by atoms with E-state index in [1.165, 1.54) is 52.9 Å². The van der Waals surface area contributed by atoms with Gasteiger partial charge in [-0.15, -0.1) is 0 Å². The molecule has 358 valence electrons. The molecule has 1 N–H and O–H groups in total. The number of carbonyl (C=O) groups is 1. The van der Waals surface area contributed by atoms with Gasteiger partial charge in [0.25, 0.3) is 0 Å². The normalized spacial score (nSPS) is 12.1.